The van der Waals surface area contributed by atoms with Crippen LogP contribution in [0.25, 0.3) is 0 Å². The fourth-order valence-corrected chi connectivity index (χ4v) is 2.25. The van der Waals surface area contributed by atoms with Crippen LogP contribution in [0.3, 0.4) is 0 Å². The monoisotopic (exact) mass is 340 g/mol. The Morgan fingerprint density at radius 2 is 1.71 bits per heavy atom. The number of hydrogen-bond donors (Lipinski definition) is 1. The minimum Gasteiger partial charge on any atom is -0.497 e. The van der Waals surface area contributed by atoms with Gasteiger partial charge in [0.15, 0.2) is 0 Å². The lowest BCUT2D eigenvalue weighted by Gasteiger charge is -2.12. The number of rotatable bonds is 3. The Morgan fingerprint density at radius 3 is 2.35 bits per heavy atom. The summed E-state index contributed by atoms with van der Waals surface area (Å²) in [5, 5.41) is 10.3. The van der Waals surface area contributed by atoms with Gasteiger partial charge in [-0.1, -0.05) is 24.3 Å². The zero-order chi connectivity index (χ0) is 12.3. The Bertz CT molecular complexity index is 511. The summed E-state index contributed by atoms with van der Waals surface area (Å²) in [6.45, 7) is 0. The SMILES string of the molecule is COc1cccc(C(O)c2cccc(I)c2)c1. The molecule has 0 bridgehead atoms. The van der Waals surface area contributed by atoms with Crippen LogP contribution in [0, 0.1) is 3.57 Å². The van der Waals surface area contributed by atoms with Gasteiger partial charge in [0.05, 0.1) is 7.11 Å². The predicted molar refractivity (Wildman–Crippen MR) is 76.2 cm³/mol. The Hall–Kier alpha value is -1.07. The molecule has 0 heterocycles. The average molecular weight is 340 g/mol. The first kappa shape index (κ1) is 12.4. The molecule has 0 aromatic heterocycles. The first-order valence-electron chi connectivity index (χ1n) is 5.28. The summed E-state index contributed by atoms with van der Waals surface area (Å²) in [5.74, 6) is 0.757. The van der Waals surface area contributed by atoms with E-state index in [0.29, 0.717) is 0 Å². The molecule has 0 aliphatic carbocycles. The van der Waals surface area contributed by atoms with Crippen LogP contribution >= 0.6 is 22.6 Å². The second kappa shape index (κ2) is 5.51. The standard InChI is InChI=1S/C14H13IO2/c1-17-13-7-3-5-11(9-13)14(16)10-4-2-6-12(15)8-10/h2-9,14,16H,1H3. The molecule has 0 fully saturated rings. The smallest absolute Gasteiger partial charge is 0.119 e. The number of benzene rings is 2. The third-order valence-electron chi connectivity index (χ3n) is 2.57. The Labute approximate surface area is 114 Å². The Morgan fingerprint density at radius 1 is 1.06 bits per heavy atom. The first-order valence-corrected chi connectivity index (χ1v) is 6.36. The molecule has 0 aliphatic rings. The highest BCUT2D eigenvalue weighted by Gasteiger charge is 2.11. The van der Waals surface area contributed by atoms with E-state index < -0.39 is 6.10 Å². The van der Waals surface area contributed by atoms with Crippen LogP contribution in [0.5, 0.6) is 5.75 Å². The maximum atomic E-state index is 10.3. The molecule has 0 spiro atoms. The van der Waals surface area contributed by atoms with Gasteiger partial charge in [0.25, 0.3) is 0 Å². The number of aliphatic hydroxyl groups excluding tert-OH is 1. The van der Waals surface area contributed by atoms with Crippen LogP contribution in [0.15, 0.2) is 48.5 Å². The average Bonchev–Trinajstić information content (AvgIpc) is 2.38. The summed E-state index contributed by atoms with van der Waals surface area (Å²) < 4.78 is 6.27. The second-order valence-electron chi connectivity index (χ2n) is 3.73. The quantitative estimate of drug-likeness (QED) is 0.868. The van der Waals surface area contributed by atoms with Gasteiger partial charge in [-0.3, -0.25) is 0 Å². The Balaban J connectivity index is 2.33. The van der Waals surface area contributed by atoms with E-state index in [1.807, 2.05) is 48.5 Å². The van der Waals surface area contributed by atoms with Crippen molar-refractivity contribution in [3.8, 4) is 5.75 Å². The number of hydrogen-bond acceptors (Lipinski definition) is 2. The van der Waals surface area contributed by atoms with Crippen molar-refractivity contribution in [2.45, 2.75) is 6.10 Å². The molecule has 2 aromatic rings. The van der Waals surface area contributed by atoms with Crippen molar-refractivity contribution in [3.05, 3.63) is 63.2 Å². The highest BCUT2D eigenvalue weighted by molar-refractivity contribution is 14.1. The number of halogens is 1. The molecule has 2 rings (SSSR count). The van der Waals surface area contributed by atoms with E-state index in [-0.39, 0.29) is 0 Å². The molecular weight excluding hydrogens is 327 g/mol. The molecule has 3 heteroatoms. The summed E-state index contributed by atoms with van der Waals surface area (Å²) in [5.41, 5.74) is 1.73. The van der Waals surface area contributed by atoms with E-state index in [1.54, 1.807) is 7.11 Å². The maximum absolute atomic E-state index is 10.3. The molecule has 1 unspecified atom stereocenters. The van der Waals surface area contributed by atoms with Crippen LogP contribution in [0.1, 0.15) is 17.2 Å². The van der Waals surface area contributed by atoms with Gasteiger partial charge < -0.3 is 9.84 Å². The van der Waals surface area contributed by atoms with Crippen LogP contribution in [-0.2, 0) is 0 Å². The van der Waals surface area contributed by atoms with E-state index in [1.165, 1.54) is 0 Å². The molecular formula is C14H13IO2. The fraction of sp³-hybridized carbons (Fsp3) is 0.143. The molecule has 0 saturated carbocycles. The number of methoxy groups -OCH3 is 1. The second-order valence-corrected chi connectivity index (χ2v) is 4.98. The van der Waals surface area contributed by atoms with Gasteiger partial charge in [-0.15, -0.1) is 0 Å². The summed E-state index contributed by atoms with van der Waals surface area (Å²) >= 11 is 2.24. The molecule has 1 atom stereocenters. The third-order valence-corrected chi connectivity index (χ3v) is 3.24. The van der Waals surface area contributed by atoms with E-state index in [4.69, 9.17) is 4.74 Å². The van der Waals surface area contributed by atoms with Crippen molar-refractivity contribution < 1.29 is 9.84 Å². The van der Waals surface area contributed by atoms with Crippen LogP contribution in [-0.4, -0.2) is 12.2 Å². The minimum atomic E-state index is -0.611. The van der Waals surface area contributed by atoms with Gasteiger partial charge in [0.1, 0.15) is 11.9 Å². The summed E-state index contributed by atoms with van der Waals surface area (Å²) in [6.07, 6.45) is -0.611. The van der Waals surface area contributed by atoms with Gasteiger partial charge in [0, 0.05) is 3.57 Å². The first-order chi connectivity index (χ1) is 8.20. The van der Waals surface area contributed by atoms with Gasteiger partial charge in [-0.05, 0) is 58.0 Å². The highest BCUT2D eigenvalue weighted by atomic mass is 127. The minimum absolute atomic E-state index is 0.611. The van der Waals surface area contributed by atoms with Crippen molar-refractivity contribution in [2.24, 2.45) is 0 Å². The molecule has 1 N–H and O–H groups in total. The van der Waals surface area contributed by atoms with Crippen LogP contribution < -0.4 is 4.74 Å². The molecule has 2 nitrogen and oxygen atoms in total. The molecule has 0 amide bonds. The van der Waals surface area contributed by atoms with Crippen molar-refractivity contribution >= 4 is 22.6 Å². The normalized spacial score (nSPS) is 12.2. The van der Waals surface area contributed by atoms with Crippen molar-refractivity contribution in [2.75, 3.05) is 7.11 Å². The zero-order valence-corrected chi connectivity index (χ0v) is 11.6. The predicted octanol–water partition coefficient (Wildman–Crippen LogP) is 3.38. The lowest BCUT2D eigenvalue weighted by molar-refractivity contribution is 0.219. The number of ether oxygens (including phenoxy) is 1. The van der Waals surface area contributed by atoms with E-state index in [0.717, 1.165) is 20.4 Å². The Kier molecular flexibility index (Phi) is 4.02. The van der Waals surface area contributed by atoms with Crippen molar-refractivity contribution in [1.29, 1.82) is 0 Å². The highest BCUT2D eigenvalue weighted by Crippen LogP contribution is 2.25. The third kappa shape index (κ3) is 2.98. The lowest BCUT2D eigenvalue weighted by Crippen LogP contribution is -2.00. The van der Waals surface area contributed by atoms with Crippen molar-refractivity contribution in [3.63, 3.8) is 0 Å². The van der Waals surface area contributed by atoms with E-state index >= 15 is 0 Å². The molecule has 0 saturated heterocycles. The molecule has 0 radical (unpaired) electrons. The van der Waals surface area contributed by atoms with Gasteiger partial charge >= 0.3 is 0 Å². The molecule has 88 valence electrons. The summed E-state index contributed by atoms with van der Waals surface area (Å²) in [4.78, 5) is 0. The van der Waals surface area contributed by atoms with Crippen LogP contribution in [0.4, 0.5) is 0 Å². The number of aliphatic hydroxyl groups is 1. The maximum Gasteiger partial charge on any atom is 0.119 e. The van der Waals surface area contributed by atoms with Gasteiger partial charge in [0.2, 0.25) is 0 Å². The largest absolute Gasteiger partial charge is 0.497 e. The summed E-state index contributed by atoms with van der Waals surface area (Å²) in [6, 6.07) is 15.3. The molecule has 2 aromatic carbocycles. The van der Waals surface area contributed by atoms with Gasteiger partial charge in [-0.25, -0.2) is 0 Å². The van der Waals surface area contributed by atoms with Gasteiger partial charge in [-0.2, -0.15) is 0 Å². The topological polar surface area (TPSA) is 29.5 Å². The van der Waals surface area contributed by atoms with E-state index in [2.05, 4.69) is 22.6 Å². The molecule has 17 heavy (non-hydrogen) atoms. The molecule has 0 aliphatic heterocycles. The van der Waals surface area contributed by atoms with Crippen molar-refractivity contribution in [1.82, 2.24) is 0 Å². The fourth-order valence-electron chi connectivity index (χ4n) is 1.68. The summed E-state index contributed by atoms with van der Waals surface area (Å²) in [7, 11) is 1.62. The lowest BCUT2D eigenvalue weighted by atomic mass is 10.0. The van der Waals surface area contributed by atoms with E-state index in [9.17, 15) is 5.11 Å². The zero-order valence-electron chi connectivity index (χ0n) is 9.43. The van der Waals surface area contributed by atoms with Crippen LogP contribution in [0.2, 0.25) is 0 Å².